The van der Waals surface area contributed by atoms with Gasteiger partial charge in [0.15, 0.2) is 10.3 Å². The van der Waals surface area contributed by atoms with Gasteiger partial charge in [-0.05, 0) is 6.07 Å². The Bertz CT molecular complexity index is 333. The summed E-state index contributed by atoms with van der Waals surface area (Å²) < 4.78 is 25.8. The van der Waals surface area contributed by atoms with Gasteiger partial charge in [0.2, 0.25) is 0 Å². The fourth-order valence-electron chi connectivity index (χ4n) is 0.863. The quantitative estimate of drug-likeness (QED) is 0.880. The van der Waals surface area contributed by atoms with E-state index in [1.54, 1.807) is 0 Å². The maximum absolute atomic E-state index is 12.9. The molecular formula is C7H7Cl2F2N3. The van der Waals surface area contributed by atoms with Gasteiger partial charge in [-0.25, -0.2) is 8.78 Å². The molecule has 0 spiro atoms. The van der Waals surface area contributed by atoms with Crippen LogP contribution < -0.4 is 5.73 Å². The maximum atomic E-state index is 12.9. The third-order valence-electron chi connectivity index (χ3n) is 1.54. The molecule has 1 aromatic rings. The highest BCUT2D eigenvalue weighted by Crippen LogP contribution is 2.23. The maximum Gasteiger partial charge on any atom is 0.264 e. The normalized spacial score (nSPS) is 11.8. The molecule has 14 heavy (non-hydrogen) atoms. The summed E-state index contributed by atoms with van der Waals surface area (Å²) in [5, 5.41) is 6.75. The minimum Gasteiger partial charge on any atom is -0.325 e. The number of hydrogen-bond acceptors (Lipinski definition) is 3. The fraction of sp³-hybridized carbons (Fsp3) is 0.429. The lowest BCUT2D eigenvalue weighted by atomic mass is 10.1. The van der Waals surface area contributed by atoms with Gasteiger partial charge in [0, 0.05) is 12.0 Å². The summed E-state index contributed by atoms with van der Waals surface area (Å²) >= 11 is 11.0. The van der Waals surface area contributed by atoms with Crippen LogP contribution in [0.3, 0.4) is 0 Å². The molecule has 0 atom stereocenters. The predicted molar refractivity (Wildman–Crippen MR) is 49.8 cm³/mol. The molecule has 0 aliphatic carbocycles. The predicted octanol–water partition coefficient (Wildman–Crippen LogP) is 1.92. The molecule has 3 nitrogen and oxygen atoms in total. The van der Waals surface area contributed by atoms with Crippen molar-refractivity contribution in [3.63, 3.8) is 0 Å². The Balaban J connectivity index is 2.91. The van der Waals surface area contributed by atoms with E-state index in [2.05, 4.69) is 10.2 Å². The van der Waals surface area contributed by atoms with E-state index in [0.717, 1.165) is 0 Å². The van der Waals surface area contributed by atoms with Gasteiger partial charge in [0.25, 0.3) is 5.92 Å². The summed E-state index contributed by atoms with van der Waals surface area (Å²) in [6, 6.07) is 1.25. The van der Waals surface area contributed by atoms with Crippen molar-refractivity contribution < 1.29 is 8.78 Å². The highest BCUT2D eigenvalue weighted by molar-refractivity contribution is 6.31. The molecule has 0 aliphatic heterocycles. The van der Waals surface area contributed by atoms with Crippen molar-refractivity contribution in [3.8, 4) is 0 Å². The first-order chi connectivity index (χ1) is 6.44. The number of nitrogens with zero attached hydrogens (tertiary/aromatic N) is 2. The van der Waals surface area contributed by atoms with E-state index in [0.29, 0.717) is 0 Å². The van der Waals surface area contributed by atoms with Crippen molar-refractivity contribution in [1.82, 2.24) is 10.2 Å². The number of aromatic nitrogens is 2. The number of hydrogen-bond donors (Lipinski definition) is 1. The molecule has 0 fully saturated rings. The van der Waals surface area contributed by atoms with Crippen molar-refractivity contribution in [1.29, 1.82) is 0 Å². The van der Waals surface area contributed by atoms with Crippen molar-refractivity contribution in [2.45, 2.75) is 12.3 Å². The van der Waals surface area contributed by atoms with Gasteiger partial charge in [-0.1, -0.05) is 23.2 Å². The number of alkyl halides is 2. The minimum atomic E-state index is -3.00. The number of rotatable bonds is 3. The van der Waals surface area contributed by atoms with E-state index >= 15 is 0 Å². The lowest BCUT2D eigenvalue weighted by molar-refractivity contribution is 0.0114. The fourth-order valence-corrected chi connectivity index (χ4v) is 1.19. The lowest BCUT2D eigenvalue weighted by Crippen LogP contribution is -2.30. The van der Waals surface area contributed by atoms with Gasteiger partial charge in [0.05, 0.1) is 6.54 Å². The Morgan fingerprint density at radius 3 is 2.57 bits per heavy atom. The molecule has 1 rings (SSSR count). The Labute approximate surface area is 89.2 Å². The van der Waals surface area contributed by atoms with Crippen LogP contribution in [0.4, 0.5) is 8.78 Å². The average molecular weight is 242 g/mol. The molecular weight excluding hydrogens is 235 g/mol. The minimum absolute atomic E-state index is 0.0252. The topological polar surface area (TPSA) is 51.8 Å². The third-order valence-corrected chi connectivity index (χ3v) is 2.04. The second-order valence-corrected chi connectivity index (χ2v) is 3.47. The first-order valence-electron chi connectivity index (χ1n) is 3.70. The molecule has 7 heteroatoms. The Morgan fingerprint density at radius 2 is 2.00 bits per heavy atom. The third kappa shape index (κ3) is 3.01. The molecule has 2 N–H and O–H groups in total. The highest BCUT2D eigenvalue weighted by atomic mass is 35.5. The molecule has 0 radical (unpaired) electrons. The monoisotopic (exact) mass is 241 g/mol. The second kappa shape index (κ2) is 4.33. The molecule has 0 aliphatic rings. The Morgan fingerprint density at radius 1 is 1.36 bits per heavy atom. The zero-order chi connectivity index (χ0) is 10.8. The van der Waals surface area contributed by atoms with Crippen LogP contribution in [-0.2, 0) is 6.42 Å². The summed E-state index contributed by atoms with van der Waals surface area (Å²) in [4.78, 5) is 0. The summed E-state index contributed by atoms with van der Waals surface area (Å²) in [6.45, 7) is -0.747. The van der Waals surface area contributed by atoms with Crippen LogP contribution in [0.15, 0.2) is 6.07 Å². The van der Waals surface area contributed by atoms with Crippen molar-refractivity contribution >= 4 is 23.2 Å². The van der Waals surface area contributed by atoms with Gasteiger partial charge < -0.3 is 5.73 Å². The number of halogens is 4. The Hall–Kier alpha value is -0.520. The van der Waals surface area contributed by atoms with E-state index in [1.807, 2.05) is 0 Å². The van der Waals surface area contributed by atoms with Crippen molar-refractivity contribution in [2.24, 2.45) is 5.73 Å². The van der Waals surface area contributed by atoms with Gasteiger partial charge in [0.1, 0.15) is 0 Å². The van der Waals surface area contributed by atoms with Crippen molar-refractivity contribution in [3.05, 3.63) is 21.9 Å². The van der Waals surface area contributed by atoms with Crippen LogP contribution >= 0.6 is 23.2 Å². The first kappa shape index (κ1) is 11.6. The number of nitrogens with two attached hydrogens (primary N) is 1. The van der Waals surface area contributed by atoms with Gasteiger partial charge >= 0.3 is 0 Å². The first-order valence-corrected chi connectivity index (χ1v) is 4.46. The molecule has 1 aromatic heterocycles. The highest BCUT2D eigenvalue weighted by Gasteiger charge is 2.28. The largest absolute Gasteiger partial charge is 0.325 e. The molecule has 78 valence electrons. The van der Waals surface area contributed by atoms with Crippen LogP contribution in [-0.4, -0.2) is 22.7 Å². The van der Waals surface area contributed by atoms with Crippen molar-refractivity contribution in [2.75, 3.05) is 6.54 Å². The van der Waals surface area contributed by atoms with E-state index < -0.39 is 18.9 Å². The zero-order valence-electron chi connectivity index (χ0n) is 6.98. The SMILES string of the molecule is NCC(F)(F)Cc1cc(Cl)nnc1Cl. The van der Waals surface area contributed by atoms with Gasteiger partial charge in [-0.2, -0.15) is 0 Å². The zero-order valence-corrected chi connectivity index (χ0v) is 8.49. The summed E-state index contributed by atoms with van der Waals surface area (Å²) in [6.07, 6.45) is -0.586. The summed E-state index contributed by atoms with van der Waals surface area (Å²) in [5.74, 6) is -3.00. The molecule has 0 bridgehead atoms. The molecule has 0 aromatic carbocycles. The van der Waals surface area contributed by atoms with Gasteiger partial charge in [-0.3, -0.25) is 0 Å². The molecule has 0 unspecified atom stereocenters. The van der Waals surface area contributed by atoms with Crippen LogP contribution in [0.2, 0.25) is 10.3 Å². The van der Waals surface area contributed by atoms with Crippen LogP contribution in [0.25, 0.3) is 0 Å². The van der Waals surface area contributed by atoms with E-state index in [4.69, 9.17) is 28.9 Å². The van der Waals surface area contributed by atoms with E-state index in [9.17, 15) is 8.78 Å². The van der Waals surface area contributed by atoms with Crippen LogP contribution in [0.5, 0.6) is 0 Å². The van der Waals surface area contributed by atoms with E-state index in [-0.39, 0.29) is 15.9 Å². The Kier molecular flexibility index (Phi) is 3.58. The van der Waals surface area contributed by atoms with E-state index in [1.165, 1.54) is 6.07 Å². The molecule has 0 saturated heterocycles. The van der Waals surface area contributed by atoms with Gasteiger partial charge in [-0.15, -0.1) is 10.2 Å². The molecule has 1 heterocycles. The molecule has 0 saturated carbocycles. The van der Waals surface area contributed by atoms with Crippen LogP contribution in [0, 0.1) is 0 Å². The molecule has 0 amide bonds. The van der Waals surface area contributed by atoms with Crippen LogP contribution in [0.1, 0.15) is 5.56 Å². The summed E-state index contributed by atoms with van der Waals surface area (Å²) in [5.41, 5.74) is 5.02. The smallest absolute Gasteiger partial charge is 0.264 e. The lowest BCUT2D eigenvalue weighted by Gasteiger charge is -2.13. The second-order valence-electron chi connectivity index (χ2n) is 2.72. The summed E-state index contributed by atoms with van der Waals surface area (Å²) in [7, 11) is 0. The average Bonchev–Trinajstić information content (AvgIpc) is 2.11. The standard InChI is InChI=1S/C7H7Cl2F2N3/c8-5-1-4(6(9)14-13-5)2-7(10,11)3-12/h1H,2-3,12H2.